The molecule has 1 saturated heterocycles. The van der Waals surface area contributed by atoms with E-state index in [1.54, 1.807) is 25.3 Å². The van der Waals surface area contributed by atoms with Crippen LogP contribution in [0.4, 0.5) is 5.69 Å². The lowest BCUT2D eigenvalue weighted by Gasteiger charge is -2.14. The number of hydrogen-bond donors (Lipinski definition) is 1. The van der Waals surface area contributed by atoms with Crippen molar-refractivity contribution in [2.75, 3.05) is 12.0 Å². The van der Waals surface area contributed by atoms with Crippen molar-refractivity contribution in [1.29, 1.82) is 0 Å². The van der Waals surface area contributed by atoms with Gasteiger partial charge in [-0.3, -0.25) is 9.69 Å². The van der Waals surface area contributed by atoms with Crippen molar-refractivity contribution in [3.05, 3.63) is 64.6 Å². The molecule has 1 aliphatic rings. The van der Waals surface area contributed by atoms with Crippen LogP contribution < -0.4 is 9.64 Å². The van der Waals surface area contributed by atoms with Gasteiger partial charge < -0.3 is 9.84 Å². The zero-order valence-corrected chi connectivity index (χ0v) is 14.8. The molecule has 126 valence electrons. The Kier molecular flexibility index (Phi) is 4.87. The summed E-state index contributed by atoms with van der Waals surface area (Å²) in [6.07, 6.45) is 1.76. The molecule has 0 atom stereocenters. The van der Waals surface area contributed by atoms with Gasteiger partial charge in [-0.15, -0.1) is 0 Å². The molecule has 0 saturated carbocycles. The molecule has 0 aliphatic carbocycles. The van der Waals surface area contributed by atoms with Crippen molar-refractivity contribution in [2.24, 2.45) is 0 Å². The fourth-order valence-electron chi connectivity index (χ4n) is 2.33. The number of rotatable bonds is 4. The van der Waals surface area contributed by atoms with Gasteiger partial charge in [0.15, 0.2) is 4.32 Å². The molecule has 2 aromatic carbocycles. The predicted molar refractivity (Wildman–Crippen MR) is 102 cm³/mol. The van der Waals surface area contributed by atoms with E-state index in [0.717, 1.165) is 5.56 Å². The summed E-state index contributed by atoms with van der Waals surface area (Å²) >= 11 is 6.52. The van der Waals surface area contributed by atoms with Crippen LogP contribution in [0.5, 0.6) is 5.75 Å². The van der Waals surface area contributed by atoms with E-state index in [1.807, 2.05) is 24.3 Å². The highest BCUT2D eigenvalue weighted by Gasteiger charge is 2.33. The van der Waals surface area contributed by atoms with Crippen LogP contribution in [0.25, 0.3) is 6.08 Å². The van der Waals surface area contributed by atoms with Gasteiger partial charge in [-0.1, -0.05) is 36.1 Å². The van der Waals surface area contributed by atoms with E-state index in [2.05, 4.69) is 0 Å². The molecule has 1 N–H and O–H groups in total. The summed E-state index contributed by atoms with van der Waals surface area (Å²) in [6, 6.07) is 13.4. The summed E-state index contributed by atoms with van der Waals surface area (Å²) in [5.74, 6) is -0.552. The SMILES string of the molecule is COc1cccc(/C=C2\SC(=S)N(c3ccc(C(=O)O)cc3)C2=O)c1. The maximum Gasteiger partial charge on any atom is 0.335 e. The minimum atomic E-state index is -1.02. The third kappa shape index (κ3) is 3.57. The van der Waals surface area contributed by atoms with Crippen LogP contribution in [-0.4, -0.2) is 28.4 Å². The molecule has 1 fully saturated rings. The number of carboxylic acid groups (broad SMARTS) is 1. The van der Waals surface area contributed by atoms with Gasteiger partial charge in [0.2, 0.25) is 0 Å². The number of anilines is 1. The number of carbonyl (C=O) groups is 2. The van der Waals surface area contributed by atoms with E-state index in [1.165, 1.54) is 28.8 Å². The maximum absolute atomic E-state index is 12.7. The van der Waals surface area contributed by atoms with Crippen LogP contribution in [0.1, 0.15) is 15.9 Å². The Bertz CT molecular complexity index is 890. The molecule has 0 aromatic heterocycles. The van der Waals surface area contributed by atoms with Crippen molar-refractivity contribution in [3.63, 3.8) is 0 Å². The third-order valence-corrected chi connectivity index (χ3v) is 4.86. The molecular weight excluding hydrogens is 358 g/mol. The number of aromatic carboxylic acids is 1. The van der Waals surface area contributed by atoms with Gasteiger partial charge in [-0.05, 0) is 48.0 Å². The first kappa shape index (κ1) is 17.2. The fourth-order valence-corrected chi connectivity index (χ4v) is 3.63. The fraction of sp³-hybridized carbons (Fsp3) is 0.0556. The number of ether oxygens (including phenoxy) is 1. The molecular formula is C18H13NO4S2. The molecule has 25 heavy (non-hydrogen) atoms. The first-order valence-corrected chi connectivity index (χ1v) is 8.47. The number of nitrogens with zero attached hydrogens (tertiary/aromatic N) is 1. The minimum absolute atomic E-state index is 0.154. The molecule has 0 bridgehead atoms. The van der Waals surface area contributed by atoms with Crippen LogP contribution in [0, 0.1) is 0 Å². The number of amides is 1. The molecule has 3 rings (SSSR count). The number of benzene rings is 2. The van der Waals surface area contributed by atoms with E-state index in [0.29, 0.717) is 20.7 Å². The second-order valence-electron chi connectivity index (χ2n) is 5.15. The van der Waals surface area contributed by atoms with Gasteiger partial charge in [-0.2, -0.15) is 0 Å². The molecule has 1 amide bonds. The van der Waals surface area contributed by atoms with Crippen molar-refractivity contribution in [1.82, 2.24) is 0 Å². The topological polar surface area (TPSA) is 66.8 Å². The van der Waals surface area contributed by atoms with Crippen molar-refractivity contribution in [2.45, 2.75) is 0 Å². The highest BCUT2D eigenvalue weighted by Crippen LogP contribution is 2.36. The summed E-state index contributed by atoms with van der Waals surface area (Å²) < 4.78 is 5.59. The third-order valence-electron chi connectivity index (χ3n) is 3.56. The van der Waals surface area contributed by atoms with Gasteiger partial charge in [-0.25, -0.2) is 4.79 Å². The van der Waals surface area contributed by atoms with E-state index in [9.17, 15) is 9.59 Å². The smallest absolute Gasteiger partial charge is 0.335 e. The summed E-state index contributed by atoms with van der Waals surface area (Å²) in [7, 11) is 1.58. The first-order chi connectivity index (χ1) is 12.0. The van der Waals surface area contributed by atoms with Crippen LogP contribution in [-0.2, 0) is 4.79 Å². The van der Waals surface area contributed by atoms with Crippen molar-refractivity contribution >= 4 is 51.9 Å². The zero-order valence-electron chi connectivity index (χ0n) is 13.1. The Hall–Kier alpha value is -2.64. The summed E-state index contributed by atoms with van der Waals surface area (Å²) in [5.41, 5.74) is 1.53. The summed E-state index contributed by atoms with van der Waals surface area (Å²) in [6.45, 7) is 0. The Morgan fingerprint density at radius 3 is 2.60 bits per heavy atom. The quantitative estimate of drug-likeness (QED) is 0.651. The monoisotopic (exact) mass is 371 g/mol. The van der Waals surface area contributed by atoms with Crippen molar-refractivity contribution < 1.29 is 19.4 Å². The Labute approximate surface area is 153 Å². The molecule has 0 radical (unpaired) electrons. The standard InChI is InChI=1S/C18H13NO4S2/c1-23-14-4-2-3-11(9-14)10-15-16(20)19(18(24)25-15)13-7-5-12(6-8-13)17(21)22/h2-10H,1H3,(H,21,22)/b15-10-. The van der Waals surface area contributed by atoms with E-state index in [-0.39, 0.29) is 11.5 Å². The minimum Gasteiger partial charge on any atom is -0.497 e. The van der Waals surface area contributed by atoms with Gasteiger partial charge >= 0.3 is 5.97 Å². The van der Waals surface area contributed by atoms with Gasteiger partial charge in [0.05, 0.1) is 23.3 Å². The second-order valence-corrected chi connectivity index (χ2v) is 6.82. The van der Waals surface area contributed by atoms with Gasteiger partial charge in [0.25, 0.3) is 5.91 Å². The van der Waals surface area contributed by atoms with Crippen molar-refractivity contribution in [3.8, 4) is 5.75 Å². The zero-order chi connectivity index (χ0) is 18.0. The van der Waals surface area contributed by atoms with Gasteiger partial charge in [0.1, 0.15) is 5.75 Å². The average molecular weight is 371 g/mol. The molecule has 5 nitrogen and oxygen atoms in total. The predicted octanol–water partition coefficient (Wildman–Crippen LogP) is 3.80. The highest BCUT2D eigenvalue weighted by molar-refractivity contribution is 8.27. The number of methoxy groups -OCH3 is 1. The summed E-state index contributed by atoms with van der Waals surface area (Å²) in [4.78, 5) is 25.5. The first-order valence-electron chi connectivity index (χ1n) is 7.25. The molecule has 1 aliphatic heterocycles. The normalized spacial score (nSPS) is 15.7. The Balaban J connectivity index is 1.89. The van der Waals surface area contributed by atoms with Crippen LogP contribution in [0.15, 0.2) is 53.4 Å². The lowest BCUT2D eigenvalue weighted by molar-refractivity contribution is -0.113. The number of hydrogen-bond acceptors (Lipinski definition) is 5. The number of thioether (sulfide) groups is 1. The second kappa shape index (κ2) is 7.08. The molecule has 7 heteroatoms. The number of thiocarbonyl (C=S) groups is 1. The Morgan fingerprint density at radius 2 is 1.96 bits per heavy atom. The van der Waals surface area contributed by atoms with Crippen LogP contribution in [0.3, 0.4) is 0 Å². The number of carbonyl (C=O) groups excluding carboxylic acids is 1. The van der Waals surface area contributed by atoms with E-state index < -0.39 is 5.97 Å². The van der Waals surface area contributed by atoms with E-state index >= 15 is 0 Å². The molecule has 2 aromatic rings. The van der Waals surface area contributed by atoms with Crippen LogP contribution >= 0.6 is 24.0 Å². The lowest BCUT2D eigenvalue weighted by Crippen LogP contribution is -2.27. The molecule has 1 heterocycles. The highest BCUT2D eigenvalue weighted by atomic mass is 32.2. The molecule has 0 unspecified atom stereocenters. The average Bonchev–Trinajstić information content (AvgIpc) is 2.88. The van der Waals surface area contributed by atoms with Crippen LogP contribution in [0.2, 0.25) is 0 Å². The van der Waals surface area contributed by atoms with Gasteiger partial charge in [0, 0.05) is 0 Å². The Morgan fingerprint density at radius 1 is 1.24 bits per heavy atom. The largest absolute Gasteiger partial charge is 0.497 e. The summed E-state index contributed by atoms with van der Waals surface area (Å²) in [5, 5.41) is 8.96. The lowest BCUT2D eigenvalue weighted by atomic mass is 10.2. The van der Waals surface area contributed by atoms with E-state index in [4.69, 9.17) is 22.1 Å². The molecule has 0 spiro atoms. The number of carboxylic acids is 1. The maximum atomic E-state index is 12.7.